The fourth-order valence-electron chi connectivity index (χ4n) is 4.08. The third-order valence-corrected chi connectivity index (χ3v) is 5.95. The number of anilines is 2. The van der Waals surface area contributed by atoms with Crippen LogP contribution in [0.3, 0.4) is 0 Å². The third kappa shape index (κ3) is 4.03. The first-order valence-electron chi connectivity index (χ1n) is 10.1. The lowest BCUT2D eigenvalue weighted by Gasteiger charge is -2.40. The summed E-state index contributed by atoms with van der Waals surface area (Å²) < 4.78 is 15.7. The number of hydrogen-bond donors (Lipinski definition) is 2. The maximum atomic E-state index is 13.6. The predicted octanol–water partition coefficient (Wildman–Crippen LogP) is 4.43. The fourth-order valence-corrected chi connectivity index (χ4v) is 4.20. The highest BCUT2D eigenvalue weighted by molar-refractivity contribution is 6.31. The lowest BCUT2D eigenvalue weighted by atomic mass is 10.0. The molecule has 0 saturated heterocycles. The zero-order valence-corrected chi connectivity index (χ0v) is 18.5. The average Bonchev–Trinajstić information content (AvgIpc) is 3.09. The molecule has 3 N–H and O–H groups in total. The Labute approximate surface area is 185 Å². The molecule has 1 aliphatic heterocycles. The van der Waals surface area contributed by atoms with Crippen molar-refractivity contribution in [2.24, 2.45) is 5.73 Å². The quantitative estimate of drug-likeness (QED) is 0.628. The minimum absolute atomic E-state index is 0.0449. The molecule has 0 unspecified atom stereocenters. The van der Waals surface area contributed by atoms with E-state index in [9.17, 15) is 9.18 Å². The van der Waals surface area contributed by atoms with Crippen LogP contribution in [-0.4, -0.2) is 33.4 Å². The van der Waals surface area contributed by atoms with E-state index in [0.29, 0.717) is 23.8 Å². The molecule has 162 valence electrons. The fraction of sp³-hybridized carbons (Fsp3) is 0.304. The van der Waals surface area contributed by atoms with E-state index in [-0.39, 0.29) is 18.3 Å². The third-order valence-electron chi connectivity index (χ3n) is 5.53. The monoisotopic (exact) mass is 441 g/mol. The van der Waals surface area contributed by atoms with Crippen LogP contribution in [0.4, 0.5) is 15.9 Å². The number of rotatable bonds is 4. The first kappa shape index (κ1) is 21.3. The minimum atomic E-state index is -0.437. The largest absolute Gasteiger partial charge is 0.340 e. The first-order chi connectivity index (χ1) is 14.7. The molecule has 0 bridgehead atoms. The summed E-state index contributed by atoms with van der Waals surface area (Å²) in [4.78, 5) is 18.9. The number of aryl methyl sites for hydroxylation is 1. The van der Waals surface area contributed by atoms with E-state index in [1.807, 2.05) is 25.1 Å². The topological polar surface area (TPSA) is 76.2 Å². The van der Waals surface area contributed by atoms with Gasteiger partial charge in [0.05, 0.1) is 18.6 Å². The maximum Gasteiger partial charge on any atom is 0.236 e. The Kier molecular flexibility index (Phi) is 5.49. The molecule has 2 aromatic carbocycles. The maximum absolute atomic E-state index is 13.6. The van der Waals surface area contributed by atoms with E-state index in [1.54, 1.807) is 17.0 Å². The van der Waals surface area contributed by atoms with Gasteiger partial charge in [-0.25, -0.2) is 9.37 Å². The van der Waals surface area contributed by atoms with Gasteiger partial charge in [0, 0.05) is 22.8 Å². The number of nitrogens with one attached hydrogen (secondary N) is 1. The molecule has 0 aliphatic carbocycles. The number of amides is 1. The van der Waals surface area contributed by atoms with E-state index in [2.05, 4.69) is 23.7 Å². The van der Waals surface area contributed by atoms with Crippen LogP contribution in [0.2, 0.25) is 5.02 Å². The minimum Gasteiger partial charge on any atom is -0.340 e. The number of carbonyl (C=O) groups excluding carboxylic acids is 1. The summed E-state index contributed by atoms with van der Waals surface area (Å²) in [6.45, 7) is 6.87. The van der Waals surface area contributed by atoms with Crippen LogP contribution >= 0.6 is 11.6 Å². The highest BCUT2D eigenvalue weighted by Gasteiger charge is 2.37. The number of imidazole rings is 1. The molecule has 3 aromatic rings. The number of hydrogen-bond acceptors (Lipinski definition) is 4. The summed E-state index contributed by atoms with van der Waals surface area (Å²) in [5.74, 6) is 1.10. The van der Waals surface area contributed by atoms with E-state index < -0.39 is 5.54 Å². The highest BCUT2D eigenvalue weighted by Crippen LogP contribution is 2.39. The van der Waals surface area contributed by atoms with Crippen molar-refractivity contribution in [3.63, 3.8) is 0 Å². The van der Waals surface area contributed by atoms with Gasteiger partial charge in [0.1, 0.15) is 23.2 Å². The lowest BCUT2D eigenvalue weighted by Crippen LogP contribution is -2.50. The number of fused-ring (bicyclic) bond motifs is 1. The van der Waals surface area contributed by atoms with Gasteiger partial charge in [0.25, 0.3) is 0 Å². The summed E-state index contributed by atoms with van der Waals surface area (Å²) in [5, 5.41) is 4.19. The zero-order chi connectivity index (χ0) is 22.3. The van der Waals surface area contributed by atoms with Gasteiger partial charge < -0.3 is 20.5 Å². The number of halogens is 2. The molecule has 1 aromatic heterocycles. The van der Waals surface area contributed by atoms with Crippen LogP contribution in [0.25, 0.3) is 11.3 Å². The Balaban J connectivity index is 1.87. The molecular formula is C23H25ClFN5O. The van der Waals surface area contributed by atoms with Crippen molar-refractivity contribution in [1.29, 1.82) is 0 Å². The van der Waals surface area contributed by atoms with Gasteiger partial charge in [-0.2, -0.15) is 0 Å². The standard InChI is InChI=1S/C23H25ClFN5O/c1-14-10-17(8-9-18(14)24)27-22-21(15-4-6-16(25)7-5-15)28-19-12-29(20(31)11-26)13-23(2,3)30(19)22/h4-10,27H,11-13,26H2,1-3H3. The lowest BCUT2D eigenvalue weighted by molar-refractivity contribution is -0.132. The Hall–Kier alpha value is -2.90. The second kappa shape index (κ2) is 7.98. The van der Waals surface area contributed by atoms with Crippen molar-refractivity contribution in [2.45, 2.75) is 32.9 Å². The average molecular weight is 442 g/mol. The Morgan fingerprint density at radius 3 is 2.61 bits per heavy atom. The summed E-state index contributed by atoms with van der Waals surface area (Å²) in [6, 6.07) is 12.0. The van der Waals surface area contributed by atoms with E-state index in [4.69, 9.17) is 22.3 Å². The SMILES string of the molecule is Cc1cc(Nc2c(-c3ccc(F)cc3)nc3n2C(C)(C)CN(C(=O)CN)C3)ccc1Cl. The van der Waals surface area contributed by atoms with Crippen LogP contribution < -0.4 is 11.1 Å². The van der Waals surface area contributed by atoms with Gasteiger partial charge in [-0.05, 0) is 68.8 Å². The molecule has 2 heterocycles. The summed E-state index contributed by atoms with van der Waals surface area (Å²) in [7, 11) is 0. The molecular weight excluding hydrogens is 417 g/mol. The molecule has 0 saturated carbocycles. The molecule has 0 radical (unpaired) electrons. The van der Waals surface area contributed by atoms with Gasteiger partial charge in [0.2, 0.25) is 5.91 Å². The highest BCUT2D eigenvalue weighted by atomic mass is 35.5. The molecule has 8 heteroatoms. The zero-order valence-electron chi connectivity index (χ0n) is 17.7. The molecule has 4 rings (SSSR count). The van der Waals surface area contributed by atoms with Crippen molar-refractivity contribution < 1.29 is 9.18 Å². The van der Waals surface area contributed by atoms with Crippen LogP contribution in [-0.2, 0) is 16.9 Å². The van der Waals surface area contributed by atoms with Gasteiger partial charge >= 0.3 is 0 Å². The number of nitrogens with zero attached hydrogens (tertiary/aromatic N) is 3. The van der Waals surface area contributed by atoms with Crippen LogP contribution in [0.5, 0.6) is 0 Å². The molecule has 0 atom stereocenters. The molecule has 31 heavy (non-hydrogen) atoms. The molecule has 6 nitrogen and oxygen atoms in total. The molecule has 0 fully saturated rings. The van der Waals surface area contributed by atoms with Crippen molar-refractivity contribution in [2.75, 3.05) is 18.4 Å². The predicted molar refractivity (Wildman–Crippen MR) is 121 cm³/mol. The number of carbonyl (C=O) groups is 1. The van der Waals surface area contributed by atoms with E-state index in [0.717, 1.165) is 28.5 Å². The van der Waals surface area contributed by atoms with Gasteiger partial charge in [-0.15, -0.1) is 0 Å². The second-order valence-electron chi connectivity index (χ2n) is 8.42. The van der Waals surface area contributed by atoms with Crippen LogP contribution in [0, 0.1) is 12.7 Å². The Morgan fingerprint density at radius 1 is 1.26 bits per heavy atom. The number of nitrogens with two attached hydrogens (primary N) is 1. The van der Waals surface area contributed by atoms with Crippen molar-refractivity contribution in [3.8, 4) is 11.3 Å². The smallest absolute Gasteiger partial charge is 0.236 e. The van der Waals surface area contributed by atoms with E-state index in [1.165, 1.54) is 12.1 Å². The van der Waals surface area contributed by atoms with Gasteiger partial charge in [-0.3, -0.25) is 4.79 Å². The van der Waals surface area contributed by atoms with Crippen molar-refractivity contribution >= 4 is 29.0 Å². The normalized spacial score (nSPS) is 15.0. The Morgan fingerprint density at radius 2 is 1.97 bits per heavy atom. The molecule has 1 aliphatic rings. The summed E-state index contributed by atoms with van der Waals surface area (Å²) >= 11 is 6.20. The van der Waals surface area contributed by atoms with Crippen molar-refractivity contribution in [1.82, 2.24) is 14.5 Å². The second-order valence-corrected chi connectivity index (χ2v) is 8.83. The number of aromatic nitrogens is 2. The van der Waals surface area contributed by atoms with Crippen LogP contribution in [0.15, 0.2) is 42.5 Å². The summed E-state index contributed by atoms with van der Waals surface area (Å²) in [6.07, 6.45) is 0. The van der Waals surface area contributed by atoms with Gasteiger partial charge in [0.15, 0.2) is 0 Å². The van der Waals surface area contributed by atoms with Crippen molar-refractivity contribution in [3.05, 3.63) is 64.7 Å². The van der Waals surface area contributed by atoms with Crippen LogP contribution in [0.1, 0.15) is 25.2 Å². The molecule has 1 amide bonds. The number of benzene rings is 2. The van der Waals surface area contributed by atoms with E-state index >= 15 is 0 Å². The first-order valence-corrected chi connectivity index (χ1v) is 10.5. The Bertz CT molecular complexity index is 1140. The van der Waals surface area contributed by atoms with Gasteiger partial charge in [-0.1, -0.05) is 11.6 Å². The molecule has 0 spiro atoms. The summed E-state index contributed by atoms with van der Waals surface area (Å²) in [5.41, 5.74) is 8.46.